The van der Waals surface area contributed by atoms with Crippen LogP contribution in [0.1, 0.15) is 66.9 Å². The van der Waals surface area contributed by atoms with Crippen molar-refractivity contribution in [2.45, 2.75) is 56.9 Å². The number of rotatable bonds is 4. The van der Waals surface area contributed by atoms with Gasteiger partial charge >= 0.3 is 0 Å². The van der Waals surface area contributed by atoms with Gasteiger partial charge in [-0.25, -0.2) is 4.68 Å². The first-order valence-corrected chi connectivity index (χ1v) is 9.16. The zero-order chi connectivity index (χ0) is 16.5. The molecule has 0 aliphatic heterocycles. The minimum atomic E-state index is 0.144. The Kier molecular flexibility index (Phi) is 4.13. The number of carbonyl (C=O) groups is 1. The van der Waals surface area contributed by atoms with Crippen LogP contribution in [0.2, 0.25) is 0 Å². The van der Waals surface area contributed by atoms with Gasteiger partial charge in [-0.15, -0.1) is 0 Å². The Bertz CT molecular complexity index is 712. The van der Waals surface area contributed by atoms with Crippen LogP contribution in [0.3, 0.4) is 0 Å². The number of nitrogens with zero attached hydrogens (tertiary/aromatic N) is 3. The van der Waals surface area contributed by atoms with Crippen molar-refractivity contribution in [2.75, 3.05) is 7.05 Å². The molecule has 0 bridgehead atoms. The van der Waals surface area contributed by atoms with Crippen LogP contribution in [0.15, 0.2) is 36.5 Å². The Hall–Kier alpha value is -2.10. The lowest BCUT2D eigenvalue weighted by atomic mass is 9.94. The van der Waals surface area contributed by atoms with Crippen LogP contribution in [0.5, 0.6) is 0 Å². The third-order valence-corrected chi connectivity index (χ3v) is 5.44. The van der Waals surface area contributed by atoms with Crippen molar-refractivity contribution in [3.63, 3.8) is 0 Å². The molecule has 1 aromatic heterocycles. The fraction of sp³-hybridized carbons (Fsp3) is 0.500. The standard InChI is InChI=1S/C20H25N3O/c1-22(16-8-4-2-5-9-16)20(24)18-14-21-23(19(18)15-12-13-15)17-10-6-3-7-11-17/h3,6-7,10-11,14-16H,2,4-5,8-9,12-13H2,1H3. The van der Waals surface area contributed by atoms with Gasteiger partial charge in [0.05, 0.1) is 23.1 Å². The molecular weight excluding hydrogens is 298 g/mol. The van der Waals surface area contributed by atoms with Crippen molar-refractivity contribution in [1.29, 1.82) is 0 Å². The molecule has 0 unspecified atom stereocenters. The average Bonchev–Trinajstić information content (AvgIpc) is 3.40. The van der Waals surface area contributed by atoms with Gasteiger partial charge in [-0.3, -0.25) is 4.79 Å². The lowest BCUT2D eigenvalue weighted by Crippen LogP contribution is -2.38. The number of aromatic nitrogens is 2. The van der Waals surface area contributed by atoms with Gasteiger partial charge in [0.2, 0.25) is 0 Å². The van der Waals surface area contributed by atoms with E-state index in [1.165, 1.54) is 19.3 Å². The summed E-state index contributed by atoms with van der Waals surface area (Å²) in [6, 6.07) is 10.5. The van der Waals surface area contributed by atoms with Crippen molar-refractivity contribution in [3.05, 3.63) is 47.8 Å². The van der Waals surface area contributed by atoms with Crippen LogP contribution in [0.25, 0.3) is 5.69 Å². The summed E-state index contributed by atoms with van der Waals surface area (Å²) in [5.74, 6) is 0.623. The minimum Gasteiger partial charge on any atom is -0.339 e. The predicted molar refractivity (Wildman–Crippen MR) is 94.5 cm³/mol. The molecule has 0 atom stereocenters. The monoisotopic (exact) mass is 323 g/mol. The second-order valence-corrected chi connectivity index (χ2v) is 7.17. The van der Waals surface area contributed by atoms with Crippen LogP contribution in [0.4, 0.5) is 0 Å². The summed E-state index contributed by atoms with van der Waals surface area (Å²) >= 11 is 0. The molecule has 4 nitrogen and oxygen atoms in total. The van der Waals surface area contributed by atoms with Crippen LogP contribution in [-0.4, -0.2) is 33.7 Å². The van der Waals surface area contributed by atoms with Crippen LogP contribution in [0, 0.1) is 0 Å². The predicted octanol–water partition coefficient (Wildman–Crippen LogP) is 4.15. The van der Waals surface area contributed by atoms with Crippen molar-refractivity contribution < 1.29 is 4.79 Å². The maximum Gasteiger partial charge on any atom is 0.257 e. The Labute approximate surface area is 143 Å². The maximum atomic E-state index is 13.1. The number of carbonyl (C=O) groups excluding carboxylic acids is 1. The zero-order valence-electron chi connectivity index (χ0n) is 14.3. The fourth-order valence-electron chi connectivity index (χ4n) is 3.87. The molecule has 126 valence electrons. The smallest absolute Gasteiger partial charge is 0.257 e. The summed E-state index contributed by atoms with van der Waals surface area (Å²) in [7, 11) is 1.97. The van der Waals surface area contributed by atoms with E-state index in [4.69, 9.17) is 0 Å². The van der Waals surface area contributed by atoms with Gasteiger partial charge in [0.15, 0.2) is 0 Å². The summed E-state index contributed by atoms with van der Waals surface area (Å²) in [6.45, 7) is 0. The quantitative estimate of drug-likeness (QED) is 0.847. The van der Waals surface area contributed by atoms with E-state index < -0.39 is 0 Å². The molecule has 2 aliphatic carbocycles. The normalized spacial score (nSPS) is 18.5. The topological polar surface area (TPSA) is 38.1 Å². The molecule has 1 amide bonds. The summed E-state index contributed by atoms with van der Waals surface area (Å²) in [4.78, 5) is 15.1. The third-order valence-electron chi connectivity index (χ3n) is 5.44. The molecule has 0 N–H and O–H groups in total. The molecule has 1 heterocycles. The molecule has 2 aromatic rings. The van der Waals surface area contributed by atoms with E-state index in [2.05, 4.69) is 17.2 Å². The SMILES string of the molecule is CN(C(=O)c1cnn(-c2ccccc2)c1C1CC1)C1CCCCC1. The summed E-state index contributed by atoms with van der Waals surface area (Å²) in [5.41, 5.74) is 2.95. The Morgan fingerprint density at radius 3 is 2.46 bits per heavy atom. The molecule has 2 saturated carbocycles. The number of hydrogen-bond acceptors (Lipinski definition) is 2. The molecule has 0 saturated heterocycles. The van der Waals surface area contributed by atoms with Gasteiger partial charge in [-0.2, -0.15) is 5.10 Å². The first kappa shape index (κ1) is 15.4. The Morgan fingerprint density at radius 2 is 1.79 bits per heavy atom. The third kappa shape index (κ3) is 2.85. The largest absolute Gasteiger partial charge is 0.339 e. The van der Waals surface area contributed by atoms with E-state index in [1.54, 1.807) is 6.20 Å². The molecule has 4 rings (SSSR count). The molecule has 4 heteroatoms. The van der Waals surface area contributed by atoms with Gasteiger partial charge in [-0.05, 0) is 37.8 Å². The highest BCUT2D eigenvalue weighted by molar-refractivity contribution is 5.95. The van der Waals surface area contributed by atoms with Crippen molar-refractivity contribution >= 4 is 5.91 Å². The molecule has 0 spiro atoms. The van der Waals surface area contributed by atoms with E-state index in [0.29, 0.717) is 12.0 Å². The van der Waals surface area contributed by atoms with Gasteiger partial charge in [0.1, 0.15) is 0 Å². The van der Waals surface area contributed by atoms with Crippen molar-refractivity contribution in [2.24, 2.45) is 0 Å². The van der Waals surface area contributed by atoms with E-state index in [1.807, 2.05) is 34.8 Å². The van der Waals surface area contributed by atoms with Gasteiger partial charge in [-0.1, -0.05) is 37.5 Å². The van der Waals surface area contributed by atoms with Gasteiger partial charge in [0.25, 0.3) is 5.91 Å². The Balaban J connectivity index is 1.65. The fourth-order valence-corrected chi connectivity index (χ4v) is 3.87. The lowest BCUT2D eigenvalue weighted by Gasteiger charge is -2.31. The summed E-state index contributed by atoms with van der Waals surface area (Å²) in [5, 5.41) is 4.57. The highest BCUT2D eigenvalue weighted by Crippen LogP contribution is 2.43. The number of para-hydroxylation sites is 1. The first-order valence-electron chi connectivity index (χ1n) is 9.16. The minimum absolute atomic E-state index is 0.144. The van der Waals surface area contributed by atoms with E-state index in [9.17, 15) is 4.79 Å². The van der Waals surface area contributed by atoms with Gasteiger partial charge < -0.3 is 4.90 Å². The van der Waals surface area contributed by atoms with Crippen LogP contribution >= 0.6 is 0 Å². The summed E-state index contributed by atoms with van der Waals surface area (Å²) in [6.07, 6.45) is 10.1. The number of hydrogen-bond donors (Lipinski definition) is 0. The van der Waals surface area contributed by atoms with Crippen LogP contribution in [-0.2, 0) is 0 Å². The van der Waals surface area contributed by atoms with Crippen molar-refractivity contribution in [1.82, 2.24) is 14.7 Å². The second kappa shape index (κ2) is 6.42. The molecule has 1 aromatic carbocycles. The molecule has 2 aliphatic rings. The highest BCUT2D eigenvalue weighted by Gasteiger charge is 2.34. The number of amides is 1. The van der Waals surface area contributed by atoms with E-state index >= 15 is 0 Å². The lowest BCUT2D eigenvalue weighted by molar-refractivity contribution is 0.0695. The van der Waals surface area contributed by atoms with Gasteiger partial charge in [0, 0.05) is 19.0 Å². The van der Waals surface area contributed by atoms with Crippen molar-refractivity contribution in [3.8, 4) is 5.69 Å². The molecule has 0 radical (unpaired) electrons. The molecule has 24 heavy (non-hydrogen) atoms. The highest BCUT2D eigenvalue weighted by atomic mass is 16.2. The Morgan fingerprint density at radius 1 is 1.08 bits per heavy atom. The zero-order valence-corrected chi connectivity index (χ0v) is 14.3. The van der Waals surface area contributed by atoms with Crippen LogP contribution < -0.4 is 0 Å². The molecule has 2 fully saturated rings. The summed E-state index contributed by atoms with van der Waals surface area (Å²) < 4.78 is 1.97. The second-order valence-electron chi connectivity index (χ2n) is 7.17. The average molecular weight is 323 g/mol. The van der Waals surface area contributed by atoms with E-state index in [-0.39, 0.29) is 5.91 Å². The number of benzene rings is 1. The van der Waals surface area contributed by atoms with E-state index in [0.717, 1.165) is 42.6 Å². The molecular formula is C20H25N3O. The maximum absolute atomic E-state index is 13.1. The first-order chi connectivity index (χ1) is 11.8.